The monoisotopic (exact) mass is 306 g/mol. The molecule has 1 aliphatic heterocycles. The van der Waals surface area contributed by atoms with Crippen molar-refractivity contribution in [2.45, 2.75) is 19.3 Å². The number of pyridine rings is 2. The number of fused-ring (bicyclic) bond motifs is 1. The first-order chi connectivity index (χ1) is 10.2. The number of piperidine rings is 1. The van der Waals surface area contributed by atoms with Crippen molar-refractivity contribution in [1.82, 2.24) is 9.07 Å². The fourth-order valence-corrected chi connectivity index (χ4v) is 3.26. The summed E-state index contributed by atoms with van der Waals surface area (Å²) in [6.07, 6.45) is 5.12. The van der Waals surface area contributed by atoms with Crippen molar-refractivity contribution in [3.8, 4) is 0 Å². The van der Waals surface area contributed by atoms with Gasteiger partial charge in [-0.05, 0) is 43.9 Å². The van der Waals surface area contributed by atoms with Gasteiger partial charge in [-0.2, -0.15) is 4.09 Å². The summed E-state index contributed by atoms with van der Waals surface area (Å²) in [6.45, 7) is 2.78. The molecule has 1 aliphatic rings. The first kappa shape index (κ1) is 14.4. The van der Waals surface area contributed by atoms with Crippen molar-refractivity contribution in [2.24, 2.45) is 11.7 Å². The molecule has 3 heterocycles. The van der Waals surface area contributed by atoms with Gasteiger partial charge in [0.15, 0.2) is 5.65 Å². The van der Waals surface area contributed by atoms with Crippen molar-refractivity contribution < 1.29 is 0 Å². The molecule has 0 bridgehead atoms. The number of hydrogen-bond donors (Lipinski definition) is 1. The molecule has 1 saturated heterocycles. The largest absolute Gasteiger partial charge is 0.371 e. The van der Waals surface area contributed by atoms with Gasteiger partial charge in [-0.25, -0.2) is 4.98 Å². The molecular weight excluding hydrogens is 288 g/mol. The van der Waals surface area contributed by atoms with E-state index in [2.05, 4.69) is 9.88 Å². The molecule has 0 unspecified atom stereocenters. The summed E-state index contributed by atoms with van der Waals surface area (Å²) >= 11 is 6.01. The van der Waals surface area contributed by atoms with E-state index >= 15 is 0 Å². The van der Waals surface area contributed by atoms with Crippen LogP contribution in [0.15, 0.2) is 29.2 Å². The van der Waals surface area contributed by atoms with Gasteiger partial charge in [0.2, 0.25) is 0 Å². The van der Waals surface area contributed by atoms with Crippen LogP contribution < -0.4 is 16.2 Å². The molecule has 3 rings (SSSR count). The Bertz CT molecular complexity index is 692. The van der Waals surface area contributed by atoms with E-state index in [1.54, 1.807) is 6.20 Å². The molecule has 0 radical (unpaired) electrons. The van der Waals surface area contributed by atoms with Gasteiger partial charge in [0, 0.05) is 48.2 Å². The molecule has 2 aromatic rings. The summed E-state index contributed by atoms with van der Waals surface area (Å²) in [6, 6.07) is 5.29. The number of anilines is 1. The van der Waals surface area contributed by atoms with Crippen LogP contribution in [0.4, 0.5) is 5.69 Å². The molecule has 2 aromatic heterocycles. The Hall–Kier alpha value is -1.59. The van der Waals surface area contributed by atoms with Crippen LogP contribution in [0.5, 0.6) is 0 Å². The van der Waals surface area contributed by atoms with Crippen LogP contribution in [0.1, 0.15) is 19.3 Å². The molecule has 0 spiro atoms. The highest BCUT2D eigenvalue weighted by molar-refractivity contribution is 6.18. The third-order valence-corrected chi connectivity index (χ3v) is 4.57. The maximum Gasteiger partial charge on any atom is 0.267 e. The smallest absolute Gasteiger partial charge is 0.267 e. The van der Waals surface area contributed by atoms with Gasteiger partial charge in [0.25, 0.3) is 5.56 Å². The Labute approximate surface area is 128 Å². The lowest BCUT2D eigenvalue weighted by Crippen LogP contribution is -2.34. The SMILES string of the molecule is NCCC1CCN(c2ccnc3c2ccc(=O)n3Cl)CC1. The highest BCUT2D eigenvalue weighted by Crippen LogP contribution is 2.29. The van der Waals surface area contributed by atoms with E-state index in [9.17, 15) is 4.79 Å². The fourth-order valence-electron chi connectivity index (χ4n) is 3.07. The Morgan fingerprint density at radius 3 is 2.76 bits per heavy atom. The van der Waals surface area contributed by atoms with Crippen molar-refractivity contribution in [3.05, 3.63) is 34.7 Å². The molecule has 112 valence electrons. The molecule has 0 aliphatic carbocycles. The predicted octanol–water partition coefficient (Wildman–Crippen LogP) is 1.96. The molecule has 21 heavy (non-hydrogen) atoms. The Balaban J connectivity index is 1.92. The van der Waals surface area contributed by atoms with Crippen molar-refractivity contribution in [3.63, 3.8) is 0 Å². The highest BCUT2D eigenvalue weighted by atomic mass is 35.5. The molecule has 6 heteroatoms. The van der Waals surface area contributed by atoms with Crippen LogP contribution in [-0.2, 0) is 0 Å². The van der Waals surface area contributed by atoms with Crippen LogP contribution in [0.3, 0.4) is 0 Å². The first-order valence-corrected chi connectivity index (χ1v) is 7.66. The van der Waals surface area contributed by atoms with E-state index < -0.39 is 0 Å². The zero-order chi connectivity index (χ0) is 14.8. The van der Waals surface area contributed by atoms with E-state index in [-0.39, 0.29) is 5.56 Å². The lowest BCUT2D eigenvalue weighted by atomic mass is 9.93. The lowest BCUT2D eigenvalue weighted by molar-refractivity contribution is 0.387. The van der Waals surface area contributed by atoms with Gasteiger partial charge in [-0.15, -0.1) is 0 Å². The number of nitrogens with zero attached hydrogens (tertiary/aromatic N) is 3. The number of hydrogen-bond acceptors (Lipinski definition) is 4. The van der Waals surface area contributed by atoms with Crippen LogP contribution in [-0.4, -0.2) is 28.7 Å². The molecular formula is C15H19ClN4O. The van der Waals surface area contributed by atoms with E-state index in [4.69, 9.17) is 17.5 Å². The van der Waals surface area contributed by atoms with Gasteiger partial charge >= 0.3 is 0 Å². The summed E-state index contributed by atoms with van der Waals surface area (Å²) in [5.41, 5.74) is 7.00. The summed E-state index contributed by atoms with van der Waals surface area (Å²) in [4.78, 5) is 18.2. The van der Waals surface area contributed by atoms with Crippen molar-refractivity contribution in [1.29, 1.82) is 0 Å². The molecule has 0 aromatic carbocycles. The van der Waals surface area contributed by atoms with Crippen LogP contribution in [0.25, 0.3) is 11.0 Å². The van der Waals surface area contributed by atoms with Gasteiger partial charge in [-0.1, -0.05) is 0 Å². The van der Waals surface area contributed by atoms with Crippen molar-refractivity contribution in [2.75, 3.05) is 24.5 Å². The first-order valence-electron chi connectivity index (χ1n) is 7.32. The maximum atomic E-state index is 11.6. The zero-order valence-corrected chi connectivity index (χ0v) is 12.6. The summed E-state index contributed by atoms with van der Waals surface area (Å²) in [5.74, 6) is 0.727. The van der Waals surface area contributed by atoms with Gasteiger partial charge in [-0.3, -0.25) is 4.79 Å². The second-order valence-electron chi connectivity index (χ2n) is 5.53. The highest BCUT2D eigenvalue weighted by Gasteiger charge is 2.20. The minimum Gasteiger partial charge on any atom is -0.371 e. The lowest BCUT2D eigenvalue weighted by Gasteiger charge is -2.34. The molecule has 0 atom stereocenters. The number of rotatable bonds is 3. The quantitative estimate of drug-likeness (QED) is 0.941. The number of halogens is 1. The van der Waals surface area contributed by atoms with Crippen molar-refractivity contribution >= 4 is 28.5 Å². The average molecular weight is 307 g/mol. The van der Waals surface area contributed by atoms with Crippen LogP contribution >= 0.6 is 11.8 Å². The minimum absolute atomic E-state index is 0.254. The molecule has 0 saturated carbocycles. The Morgan fingerprint density at radius 1 is 1.29 bits per heavy atom. The van der Waals surface area contributed by atoms with Gasteiger partial charge < -0.3 is 10.6 Å². The molecule has 2 N–H and O–H groups in total. The molecule has 5 nitrogen and oxygen atoms in total. The second-order valence-corrected chi connectivity index (χ2v) is 5.87. The third-order valence-electron chi connectivity index (χ3n) is 4.25. The van der Waals surface area contributed by atoms with Gasteiger partial charge in [0.05, 0.1) is 0 Å². The number of aromatic nitrogens is 2. The molecule has 1 fully saturated rings. The normalized spacial score (nSPS) is 16.6. The second kappa shape index (κ2) is 6.03. The summed E-state index contributed by atoms with van der Waals surface area (Å²) < 4.78 is 1.08. The van der Waals surface area contributed by atoms with E-state index in [0.29, 0.717) is 5.65 Å². The summed E-state index contributed by atoms with van der Waals surface area (Å²) in [5, 5.41) is 0.921. The Morgan fingerprint density at radius 2 is 2.05 bits per heavy atom. The van der Waals surface area contributed by atoms with Gasteiger partial charge in [0.1, 0.15) is 0 Å². The Kier molecular flexibility index (Phi) is 4.12. The number of nitrogens with two attached hydrogens (primary N) is 1. The topological polar surface area (TPSA) is 64.2 Å². The van der Waals surface area contributed by atoms with Crippen LogP contribution in [0, 0.1) is 5.92 Å². The van der Waals surface area contributed by atoms with E-state index in [0.717, 1.165) is 60.0 Å². The van der Waals surface area contributed by atoms with E-state index in [1.165, 1.54) is 6.07 Å². The average Bonchev–Trinajstić information content (AvgIpc) is 2.52. The maximum absolute atomic E-state index is 11.6. The van der Waals surface area contributed by atoms with Crippen LogP contribution in [0.2, 0.25) is 0 Å². The predicted molar refractivity (Wildman–Crippen MR) is 85.9 cm³/mol. The zero-order valence-electron chi connectivity index (χ0n) is 11.8. The fraction of sp³-hybridized carbons (Fsp3) is 0.467. The molecule has 0 amide bonds. The van der Waals surface area contributed by atoms with E-state index in [1.807, 2.05) is 12.1 Å². The summed E-state index contributed by atoms with van der Waals surface area (Å²) in [7, 11) is 0. The minimum atomic E-state index is -0.254. The third kappa shape index (κ3) is 2.76. The standard InChI is InChI=1S/C15H19ClN4O/c16-20-14(21)2-1-12-13(4-8-18-15(12)20)19-9-5-11(3-7-17)6-10-19/h1-2,4,8,11H,3,5-7,9-10,17H2.